The topological polar surface area (TPSA) is 68.7 Å². The average molecular weight is 416 g/mol. The van der Waals surface area contributed by atoms with Gasteiger partial charge in [0.25, 0.3) is 5.91 Å². The van der Waals surface area contributed by atoms with Gasteiger partial charge < -0.3 is 18.5 Å². The molecule has 1 aliphatic heterocycles. The number of para-hydroxylation sites is 2. The minimum atomic E-state index is -0.0818. The zero-order chi connectivity index (χ0) is 21.2. The van der Waals surface area contributed by atoms with E-state index in [1.165, 1.54) is 0 Å². The van der Waals surface area contributed by atoms with E-state index in [1.807, 2.05) is 59.5 Å². The van der Waals surface area contributed by atoms with Crippen molar-refractivity contribution in [3.8, 4) is 5.75 Å². The third-order valence-electron chi connectivity index (χ3n) is 5.82. The number of fused-ring (bicyclic) bond motifs is 1. The third-order valence-corrected chi connectivity index (χ3v) is 5.82. The first-order chi connectivity index (χ1) is 15.2. The molecule has 1 fully saturated rings. The Morgan fingerprint density at radius 3 is 2.87 bits per heavy atom. The summed E-state index contributed by atoms with van der Waals surface area (Å²) in [7, 11) is 1.67. The largest absolute Gasteiger partial charge is 0.496 e. The average Bonchev–Trinajstić information content (AvgIpc) is 3.46. The standard InChI is InChI=1S/C25H24N2O4/c1-29-21-10-4-2-7-17(21)13-20-15-26-24(30-20)19-9-6-12-27(16-19)25(28)23-14-18-8-3-5-11-22(18)31-23/h2-5,7-8,10-11,14-15,19H,6,9,12-13,16H2,1H3/t19-/m0/s1. The van der Waals surface area contributed by atoms with Gasteiger partial charge in [0.2, 0.25) is 0 Å². The number of likely N-dealkylation sites (tertiary alicyclic amines) is 1. The van der Waals surface area contributed by atoms with Crippen LogP contribution < -0.4 is 4.74 Å². The van der Waals surface area contributed by atoms with Crippen molar-refractivity contribution in [1.82, 2.24) is 9.88 Å². The third kappa shape index (κ3) is 3.93. The molecular weight excluding hydrogens is 392 g/mol. The number of rotatable bonds is 5. The molecule has 0 saturated carbocycles. The van der Waals surface area contributed by atoms with E-state index in [1.54, 1.807) is 13.3 Å². The lowest BCUT2D eigenvalue weighted by Gasteiger charge is -2.30. The van der Waals surface area contributed by atoms with Gasteiger partial charge in [0.1, 0.15) is 17.1 Å². The molecule has 0 N–H and O–H groups in total. The summed E-state index contributed by atoms with van der Waals surface area (Å²) < 4.78 is 17.3. The summed E-state index contributed by atoms with van der Waals surface area (Å²) >= 11 is 0. The number of aromatic nitrogens is 1. The van der Waals surface area contributed by atoms with Crippen LogP contribution in [0.3, 0.4) is 0 Å². The highest BCUT2D eigenvalue weighted by Gasteiger charge is 2.30. The number of nitrogens with zero attached hydrogens (tertiary/aromatic N) is 2. The van der Waals surface area contributed by atoms with Crippen LogP contribution in [-0.2, 0) is 6.42 Å². The van der Waals surface area contributed by atoms with Crippen molar-refractivity contribution in [1.29, 1.82) is 0 Å². The van der Waals surface area contributed by atoms with Crippen LogP contribution in [0.2, 0.25) is 0 Å². The summed E-state index contributed by atoms with van der Waals surface area (Å²) in [5.41, 5.74) is 1.78. The number of piperidine rings is 1. The Bertz CT molecular complexity index is 1180. The molecule has 3 heterocycles. The second kappa shape index (κ2) is 8.30. The smallest absolute Gasteiger partial charge is 0.289 e. The predicted molar refractivity (Wildman–Crippen MR) is 116 cm³/mol. The number of carbonyl (C=O) groups excluding carboxylic acids is 1. The molecule has 0 aliphatic carbocycles. The van der Waals surface area contributed by atoms with Crippen LogP contribution in [0.15, 0.2) is 69.6 Å². The van der Waals surface area contributed by atoms with Gasteiger partial charge in [-0.2, -0.15) is 0 Å². The Hall–Kier alpha value is -3.54. The molecule has 0 unspecified atom stereocenters. The zero-order valence-corrected chi connectivity index (χ0v) is 17.4. The molecule has 158 valence electrons. The Labute approximate surface area is 180 Å². The second-order valence-electron chi connectivity index (χ2n) is 7.89. The Kier molecular flexibility index (Phi) is 5.20. The van der Waals surface area contributed by atoms with Crippen molar-refractivity contribution in [2.45, 2.75) is 25.2 Å². The molecule has 2 aromatic heterocycles. The number of ether oxygens (including phenoxy) is 1. The molecule has 6 heteroatoms. The number of furan rings is 1. The van der Waals surface area contributed by atoms with Gasteiger partial charge >= 0.3 is 0 Å². The van der Waals surface area contributed by atoms with E-state index in [2.05, 4.69) is 4.98 Å². The summed E-state index contributed by atoms with van der Waals surface area (Å²) in [6.45, 7) is 1.28. The molecule has 1 amide bonds. The SMILES string of the molecule is COc1ccccc1Cc1cnc([C@H]2CCCN(C(=O)c3cc4ccccc4o3)C2)o1. The maximum absolute atomic E-state index is 13.0. The first-order valence-electron chi connectivity index (χ1n) is 10.6. The molecule has 0 bridgehead atoms. The number of amides is 1. The van der Waals surface area contributed by atoms with E-state index in [0.717, 1.165) is 40.9 Å². The van der Waals surface area contributed by atoms with E-state index in [4.69, 9.17) is 13.6 Å². The van der Waals surface area contributed by atoms with Crippen LogP contribution in [0, 0.1) is 0 Å². The number of methoxy groups -OCH3 is 1. The molecule has 1 saturated heterocycles. The summed E-state index contributed by atoms with van der Waals surface area (Å²) in [4.78, 5) is 19.4. The van der Waals surface area contributed by atoms with Crippen LogP contribution in [0.4, 0.5) is 0 Å². The van der Waals surface area contributed by atoms with Crippen molar-refractivity contribution in [3.63, 3.8) is 0 Å². The first-order valence-corrected chi connectivity index (χ1v) is 10.6. The van der Waals surface area contributed by atoms with Gasteiger partial charge in [0, 0.05) is 30.5 Å². The van der Waals surface area contributed by atoms with Crippen molar-refractivity contribution in [2.24, 2.45) is 0 Å². The number of hydrogen-bond donors (Lipinski definition) is 0. The number of hydrogen-bond acceptors (Lipinski definition) is 5. The van der Waals surface area contributed by atoms with Gasteiger partial charge in [-0.15, -0.1) is 0 Å². The molecular formula is C25H24N2O4. The maximum atomic E-state index is 13.0. The van der Waals surface area contributed by atoms with E-state index >= 15 is 0 Å². The Morgan fingerprint density at radius 2 is 2.00 bits per heavy atom. The molecule has 1 atom stereocenters. The van der Waals surface area contributed by atoms with Crippen LogP contribution >= 0.6 is 0 Å². The van der Waals surface area contributed by atoms with E-state index in [0.29, 0.717) is 31.2 Å². The summed E-state index contributed by atoms with van der Waals surface area (Å²) in [5.74, 6) is 2.69. The molecule has 1 aliphatic rings. The van der Waals surface area contributed by atoms with E-state index in [9.17, 15) is 4.79 Å². The fourth-order valence-electron chi connectivity index (χ4n) is 4.24. The normalized spacial score (nSPS) is 16.5. The summed E-state index contributed by atoms with van der Waals surface area (Å²) in [6, 6.07) is 17.4. The quantitative estimate of drug-likeness (QED) is 0.456. The zero-order valence-electron chi connectivity index (χ0n) is 17.4. The van der Waals surface area contributed by atoms with Crippen LogP contribution in [0.1, 0.15) is 46.5 Å². The van der Waals surface area contributed by atoms with E-state index in [-0.39, 0.29) is 11.8 Å². The fourth-order valence-corrected chi connectivity index (χ4v) is 4.24. The minimum absolute atomic E-state index is 0.0773. The van der Waals surface area contributed by atoms with Crippen molar-refractivity contribution < 1.29 is 18.4 Å². The molecule has 4 aromatic rings. The van der Waals surface area contributed by atoms with Crippen LogP contribution in [0.25, 0.3) is 11.0 Å². The van der Waals surface area contributed by atoms with Gasteiger partial charge in [-0.05, 0) is 31.0 Å². The highest BCUT2D eigenvalue weighted by Crippen LogP contribution is 2.30. The molecule has 5 rings (SSSR count). The lowest BCUT2D eigenvalue weighted by molar-refractivity contribution is 0.0668. The van der Waals surface area contributed by atoms with Crippen LogP contribution in [-0.4, -0.2) is 36.0 Å². The monoisotopic (exact) mass is 416 g/mol. The maximum Gasteiger partial charge on any atom is 0.289 e. The van der Waals surface area contributed by atoms with Gasteiger partial charge in [0.05, 0.1) is 19.2 Å². The lowest BCUT2D eigenvalue weighted by Crippen LogP contribution is -2.39. The highest BCUT2D eigenvalue weighted by molar-refractivity contribution is 5.96. The second-order valence-corrected chi connectivity index (χ2v) is 7.89. The molecule has 2 aromatic carbocycles. The van der Waals surface area contributed by atoms with E-state index < -0.39 is 0 Å². The van der Waals surface area contributed by atoms with Crippen molar-refractivity contribution >= 4 is 16.9 Å². The molecule has 31 heavy (non-hydrogen) atoms. The first kappa shape index (κ1) is 19.4. The van der Waals surface area contributed by atoms with Crippen LogP contribution in [0.5, 0.6) is 5.75 Å². The highest BCUT2D eigenvalue weighted by atomic mass is 16.5. The Balaban J connectivity index is 1.30. The number of oxazole rings is 1. The number of carbonyl (C=O) groups is 1. The predicted octanol–water partition coefficient (Wildman–Crippen LogP) is 5.04. The lowest BCUT2D eigenvalue weighted by atomic mass is 9.98. The minimum Gasteiger partial charge on any atom is -0.496 e. The van der Waals surface area contributed by atoms with Crippen molar-refractivity contribution in [2.75, 3.05) is 20.2 Å². The Morgan fingerprint density at radius 1 is 1.16 bits per heavy atom. The number of benzene rings is 2. The summed E-state index contributed by atoms with van der Waals surface area (Å²) in [6.07, 6.45) is 4.24. The van der Waals surface area contributed by atoms with Gasteiger partial charge in [-0.1, -0.05) is 36.4 Å². The van der Waals surface area contributed by atoms with Gasteiger partial charge in [-0.3, -0.25) is 4.79 Å². The molecule has 0 radical (unpaired) electrons. The molecule has 6 nitrogen and oxygen atoms in total. The molecule has 0 spiro atoms. The van der Waals surface area contributed by atoms with Gasteiger partial charge in [-0.25, -0.2) is 4.98 Å². The fraction of sp³-hybridized carbons (Fsp3) is 0.280. The summed E-state index contributed by atoms with van der Waals surface area (Å²) in [5, 5.41) is 0.938. The van der Waals surface area contributed by atoms with Crippen molar-refractivity contribution in [3.05, 3.63) is 83.8 Å². The van der Waals surface area contributed by atoms with Gasteiger partial charge in [0.15, 0.2) is 11.7 Å².